The Morgan fingerprint density at radius 3 is 2.89 bits per heavy atom. The van der Waals surface area contributed by atoms with Crippen LogP contribution < -0.4 is 0 Å². The maximum atomic E-state index is 12.2. The Bertz CT molecular complexity index is 565. The molecule has 2 aromatic rings. The second kappa shape index (κ2) is 5.54. The Morgan fingerprint density at radius 1 is 1.50 bits per heavy atom. The average molecular weight is 311 g/mol. The Morgan fingerprint density at radius 2 is 2.28 bits per heavy atom. The molecule has 1 aromatic heterocycles. The van der Waals surface area contributed by atoms with Gasteiger partial charge in [-0.05, 0) is 25.1 Å². The van der Waals surface area contributed by atoms with Crippen molar-refractivity contribution in [3.63, 3.8) is 0 Å². The van der Waals surface area contributed by atoms with Crippen LogP contribution >= 0.6 is 15.9 Å². The van der Waals surface area contributed by atoms with Crippen molar-refractivity contribution in [1.29, 1.82) is 0 Å². The first-order chi connectivity index (χ1) is 8.67. The zero-order chi connectivity index (χ0) is 13.1. The van der Waals surface area contributed by atoms with Crippen LogP contribution in [0.4, 0.5) is 0 Å². The van der Waals surface area contributed by atoms with E-state index < -0.39 is 0 Å². The summed E-state index contributed by atoms with van der Waals surface area (Å²) in [5, 5.41) is 9.92. The number of hydrogen-bond donors (Lipinski definition) is 2. The third kappa shape index (κ3) is 2.42. The molecule has 0 bridgehead atoms. The fraction of sp³-hybridized carbons (Fsp3) is 0.308. The van der Waals surface area contributed by atoms with Crippen molar-refractivity contribution >= 4 is 32.7 Å². The number of fused-ring (bicyclic) bond motifs is 1. The van der Waals surface area contributed by atoms with Crippen molar-refractivity contribution in [3.05, 3.63) is 34.4 Å². The predicted molar refractivity (Wildman–Crippen MR) is 74.7 cm³/mol. The molecule has 0 aliphatic carbocycles. The lowest BCUT2D eigenvalue weighted by molar-refractivity contribution is 0.0727. The minimum absolute atomic E-state index is 0.0243. The first-order valence-electron chi connectivity index (χ1n) is 5.84. The van der Waals surface area contributed by atoms with Gasteiger partial charge in [0.2, 0.25) is 0 Å². The number of hydrogen-bond acceptors (Lipinski definition) is 2. The maximum absolute atomic E-state index is 12.2. The molecular weight excluding hydrogens is 296 g/mol. The molecule has 96 valence electrons. The number of rotatable bonds is 4. The molecule has 0 unspecified atom stereocenters. The number of nitrogens with zero attached hydrogens (tertiary/aromatic N) is 1. The monoisotopic (exact) mass is 310 g/mol. The first kappa shape index (κ1) is 13.1. The van der Waals surface area contributed by atoms with Gasteiger partial charge in [-0.25, -0.2) is 0 Å². The van der Waals surface area contributed by atoms with Crippen molar-refractivity contribution in [1.82, 2.24) is 9.88 Å². The van der Waals surface area contributed by atoms with E-state index in [1.54, 1.807) is 4.90 Å². The number of H-pyrrole nitrogens is 1. The lowest BCUT2D eigenvalue weighted by Gasteiger charge is -2.18. The smallest absolute Gasteiger partial charge is 0.270 e. The van der Waals surface area contributed by atoms with Crippen LogP contribution in [0.5, 0.6) is 0 Å². The fourth-order valence-electron chi connectivity index (χ4n) is 1.93. The van der Waals surface area contributed by atoms with Crippen molar-refractivity contribution in [2.75, 3.05) is 19.7 Å². The quantitative estimate of drug-likeness (QED) is 0.911. The van der Waals surface area contributed by atoms with Gasteiger partial charge in [0.15, 0.2) is 0 Å². The van der Waals surface area contributed by atoms with Gasteiger partial charge in [0, 0.05) is 28.5 Å². The summed E-state index contributed by atoms with van der Waals surface area (Å²) in [6.45, 7) is 2.80. The Balaban J connectivity index is 2.36. The van der Waals surface area contributed by atoms with Crippen molar-refractivity contribution < 1.29 is 9.90 Å². The molecule has 0 saturated heterocycles. The van der Waals surface area contributed by atoms with Gasteiger partial charge in [-0.15, -0.1) is 0 Å². The SMILES string of the molecule is CCN(CCO)C(=O)c1cc2c(Br)cccc2[nH]1. The molecule has 2 rings (SSSR count). The summed E-state index contributed by atoms with van der Waals surface area (Å²) in [5.74, 6) is -0.0883. The first-order valence-corrected chi connectivity index (χ1v) is 6.64. The summed E-state index contributed by atoms with van der Waals surface area (Å²) in [7, 11) is 0. The van der Waals surface area contributed by atoms with E-state index >= 15 is 0 Å². The molecule has 0 aliphatic rings. The predicted octanol–water partition coefficient (Wildman–Crippen LogP) is 2.38. The summed E-state index contributed by atoms with van der Waals surface area (Å²) in [4.78, 5) is 16.9. The number of nitrogens with one attached hydrogen (secondary N) is 1. The van der Waals surface area contributed by atoms with Crippen LogP contribution in [-0.4, -0.2) is 40.6 Å². The molecule has 0 aliphatic heterocycles. The van der Waals surface area contributed by atoms with Crippen molar-refractivity contribution in [2.45, 2.75) is 6.92 Å². The van der Waals surface area contributed by atoms with E-state index in [4.69, 9.17) is 5.11 Å². The van der Waals surface area contributed by atoms with Crippen LogP contribution in [0.25, 0.3) is 10.9 Å². The summed E-state index contributed by atoms with van der Waals surface area (Å²) in [5.41, 5.74) is 1.47. The van der Waals surface area contributed by atoms with E-state index in [-0.39, 0.29) is 12.5 Å². The number of aliphatic hydroxyl groups is 1. The molecule has 0 atom stereocenters. The van der Waals surface area contributed by atoms with E-state index in [2.05, 4.69) is 20.9 Å². The van der Waals surface area contributed by atoms with E-state index in [9.17, 15) is 4.79 Å². The Hall–Kier alpha value is -1.33. The minimum Gasteiger partial charge on any atom is -0.395 e. The summed E-state index contributed by atoms with van der Waals surface area (Å²) >= 11 is 3.46. The number of amides is 1. The van der Waals surface area contributed by atoms with Gasteiger partial charge in [-0.2, -0.15) is 0 Å². The molecule has 2 N–H and O–H groups in total. The topological polar surface area (TPSA) is 56.3 Å². The number of carbonyl (C=O) groups excluding carboxylic acids is 1. The fourth-order valence-corrected chi connectivity index (χ4v) is 2.41. The molecule has 1 heterocycles. The van der Waals surface area contributed by atoms with Gasteiger partial charge in [-0.1, -0.05) is 22.0 Å². The van der Waals surface area contributed by atoms with Crippen LogP contribution in [0.1, 0.15) is 17.4 Å². The number of halogens is 1. The molecule has 0 saturated carbocycles. The highest BCUT2D eigenvalue weighted by Gasteiger charge is 2.16. The zero-order valence-corrected chi connectivity index (χ0v) is 11.7. The largest absolute Gasteiger partial charge is 0.395 e. The maximum Gasteiger partial charge on any atom is 0.270 e. The van der Waals surface area contributed by atoms with Gasteiger partial charge < -0.3 is 15.0 Å². The third-order valence-corrected chi connectivity index (χ3v) is 3.57. The molecule has 0 spiro atoms. The molecule has 0 radical (unpaired) electrons. The van der Waals surface area contributed by atoms with Crippen LogP contribution in [0.3, 0.4) is 0 Å². The van der Waals surface area contributed by atoms with Crippen LogP contribution in [0.2, 0.25) is 0 Å². The van der Waals surface area contributed by atoms with Gasteiger partial charge in [-0.3, -0.25) is 4.79 Å². The molecule has 5 heteroatoms. The molecule has 4 nitrogen and oxygen atoms in total. The number of likely N-dealkylation sites (N-methyl/N-ethyl adjacent to an activating group) is 1. The van der Waals surface area contributed by atoms with Gasteiger partial charge >= 0.3 is 0 Å². The zero-order valence-electron chi connectivity index (χ0n) is 10.1. The summed E-state index contributed by atoms with van der Waals surface area (Å²) in [6.07, 6.45) is 0. The minimum atomic E-state index is -0.0883. The number of carbonyl (C=O) groups is 1. The lowest BCUT2D eigenvalue weighted by Crippen LogP contribution is -2.33. The highest BCUT2D eigenvalue weighted by molar-refractivity contribution is 9.10. The lowest BCUT2D eigenvalue weighted by atomic mass is 10.2. The van der Waals surface area contributed by atoms with E-state index in [0.717, 1.165) is 15.4 Å². The normalized spacial score (nSPS) is 10.8. The van der Waals surface area contributed by atoms with E-state index in [1.807, 2.05) is 31.2 Å². The molecule has 18 heavy (non-hydrogen) atoms. The second-order valence-electron chi connectivity index (χ2n) is 3.99. The van der Waals surface area contributed by atoms with E-state index in [1.165, 1.54) is 0 Å². The number of benzene rings is 1. The molecule has 1 amide bonds. The molecular formula is C13H15BrN2O2. The van der Waals surface area contributed by atoms with Gasteiger partial charge in [0.25, 0.3) is 5.91 Å². The van der Waals surface area contributed by atoms with E-state index in [0.29, 0.717) is 18.8 Å². The third-order valence-electron chi connectivity index (χ3n) is 2.88. The molecule has 0 fully saturated rings. The summed E-state index contributed by atoms with van der Waals surface area (Å²) in [6, 6.07) is 7.62. The van der Waals surface area contributed by atoms with Crippen molar-refractivity contribution in [2.24, 2.45) is 0 Å². The summed E-state index contributed by atoms with van der Waals surface area (Å²) < 4.78 is 0.959. The number of aliphatic hydroxyl groups excluding tert-OH is 1. The highest BCUT2D eigenvalue weighted by atomic mass is 79.9. The molecule has 1 aromatic carbocycles. The Labute approximate surface area is 114 Å². The van der Waals surface area contributed by atoms with Crippen LogP contribution in [0.15, 0.2) is 28.7 Å². The highest BCUT2D eigenvalue weighted by Crippen LogP contribution is 2.24. The number of aromatic amines is 1. The van der Waals surface area contributed by atoms with Crippen LogP contribution in [0, 0.1) is 0 Å². The van der Waals surface area contributed by atoms with Crippen LogP contribution in [-0.2, 0) is 0 Å². The number of aromatic nitrogens is 1. The average Bonchev–Trinajstić information content (AvgIpc) is 2.80. The second-order valence-corrected chi connectivity index (χ2v) is 4.85. The van der Waals surface area contributed by atoms with Crippen molar-refractivity contribution in [3.8, 4) is 0 Å². The standard InChI is InChI=1S/C13H15BrN2O2/c1-2-16(6-7-17)13(18)12-8-9-10(14)4-3-5-11(9)15-12/h3-5,8,15,17H,2,6-7H2,1H3. The van der Waals surface area contributed by atoms with Gasteiger partial charge in [0.1, 0.15) is 5.69 Å². The van der Waals surface area contributed by atoms with Gasteiger partial charge in [0.05, 0.1) is 6.61 Å². The Kier molecular flexibility index (Phi) is 4.04.